The van der Waals surface area contributed by atoms with Gasteiger partial charge in [-0.25, -0.2) is 0 Å². The topological polar surface area (TPSA) is 27.6 Å². The molecule has 2 heteroatoms. The van der Waals surface area contributed by atoms with E-state index in [9.17, 15) is 0 Å². The van der Waals surface area contributed by atoms with Crippen molar-refractivity contribution in [1.82, 2.24) is 0 Å². The molecule has 0 spiro atoms. The van der Waals surface area contributed by atoms with Gasteiger partial charge in [-0.05, 0) is 25.7 Å². The third-order valence-electron chi connectivity index (χ3n) is 3.66. The van der Waals surface area contributed by atoms with E-state index in [1.54, 1.807) is 0 Å². The van der Waals surface area contributed by atoms with Crippen LogP contribution in [0.2, 0.25) is 0 Å². The highest BCUT2D eigenvalue weighted by Gasteiger charge is 1.93. The van der Waals surface area contributed by atoms with Crippen LogP contribution in [0.5, 0.6) is 0 Å². The molecule has 0 aliphatic heterocycles. The van der Waals surface area contributed by atoms with Crippen molar-refractivity contribution in [3.63, 3.8) is 0 Å². The van der Waals surface area contributed by atoms with Crippen LogP contribution in [0.25, 0.3) is 0 Å². The first-order valence-corrected chi connectivity index (χ1v) is 8.32. The summed E-state index contributed by atoms with van der Waals surface area (Å²) in [6.07, 6.45) is 21.7. The second kappa shape index (κ2) is 20.3. The Labute approximate surface area is 127 Å². The van der Waals surface area contributed by atoms with Crippen LogP contribution in [0.1, 0.15) is 89.9 Å². The van der Waals surface area contributed by atoms with Gasteiger partial charge in [-0.1, -0.05) is 70.3 Å². The number of hydrogen-bond donors (Lipinski definition) is 1. The van der Waals surface area contributed by atoms with Crippen LogP contribution in [-0.2, 0) is 0 Å². The van der Waals surface area contributed by atoms with Gasteiger partial charge in [0.05, 0.1) is 6.54 Å². The Kier molecular flexibility index (Phi) is 22.8. The fourth-order valence-electron chi connectivity index (χ4n) is 2.41. The summed E-state index contributed by atoms with van der Waals surface area (Å²) in [4.78, 5) is 0. The van der Waals surface area contributed by atoms with Crippen LogP contribution in [0.4, 0.5) is 0 Å². The van der Waals surface area contributed by atoms with E-state index in [2.05, 4.69) is 12.3 Å². The fraction of sp³-hybridized carbons (Fsp3) is 0.882. The molecular formula is C17H36ClN. The molecule has 0 bridgehead atoms. The van der Waals surface area contributed by atoms with E-state index in [-0.39, 0.29) is 12.4 Å². The molecule has 3 N–H and O–H groups in total. The van der Waals surface area contributed by atoms with Crippen LogP contribution in [0.3, 0.4) is 0 Å². The summed E-state index contributed by atoms with van der Waals surface area (Å²) < 4.78 is 0. The van der Waals surface area contributed by atoms with E-state index in [1.165, 1.54) is 89.9 Å². The number of unbranched alkanes of at least 4 members (excludes halogenated alkanes) is 13. The third kappa shape index (κ3) is 20.5. The Morgan fingerprint density at radius 1 is 0.579 bits per heavy atom. The highest BCUT2D eigenvalue weighted by molar-refractivity contribution is 4.65. The highest BCUT2D eigenvalue weighted by atomic mass is 35.5. The fourth-order valence-corrected chi connectivity index (χ4v) is 2.41. The Bertz CT molecular complexity index is 159. The summed E-state index contributed by atoms with van der Waals surface area (Å²) in [5.74, 6) is 0. The minimum atomic E-state index is 0. The highest BCUT2D eigenvalue weighted by Crippen LogP contribution is 2.12. The SMILES string of the molecule is C=CCCCCCCCCCCCCCCC[NH3+].[Cl-]. The van der Waals surface area contributed by atoms with E-state index in [4.69, 9.17) is 0 Å². The van der Waals surface area contributed by atoms with Gasteiger partial charge in [0.2, 0.25) is 0 Å². The Morgan fingerprint density at radius 3 is 1.21 bits per heavy atom. The quantitative estimate of drug-likeness (QED) is 0.352. The lowest BCUT2D eigenvalue weighted by atomic mass is 10.0. The minimum Gasteiger partial charge on any atom is -1.00 e. The van der Waals surface area contributed by atoms with Gasteiger partial charge in [-0.2, -0.15) is 0 Å². The second-order valence-corrected chi connectivity index (χ2v) is 5.53. The van der Waals surface area contributed by atoms with E-state index >= 15 is 0 Å². The second-order valence-electron chi connectivity index (χ2n) is 5.53. The van der Waals surface area contributed by atoms with Crippen molar-refractivity contribution in [3.8, 4) is 0 Å². The minimum absolute atomic E-state index is 0. The summed E-state index contributed by atoms with van der Waals surface area (Å²) in [6, 6.07) is 0. The summed E-state index contributed by atoms with van der Waals surface area (Å²) in [7, 11) is 0. The zero-order chi connectivity index (χ0) is 13.3. The summed E-state index contributed by atoms with van der Waals surface area (Å²) in [6.45, 7) is 4.87. The standard InChI is InChI=1S/C17H35N.ClH/c1-2-3-4-5-6-7-8-9-10-11-12-13-14-15-16-17-18;/h2H,1,3-18H2;1H. The molecule has 0 amide bonds. The number of hydrogen-bond acceptors (Lipinski definition) is 0. The molecular weight excluding hydrogens is 254 g/mol. The van der Waals surface area contributed by atoms with Crippen LogP contribution in [0, 0.1) is 0 Å². The molecule has 0 unspecified atom stereocenters. The molecule has 1 nitrogen and oxygen atoms in total. The van der Waals surface area contributed by atoms with Crippen molar-refractivity contribution in [2.75, 3.05) is 6.54 Å². The lowest BCUT2D eigenvalue weighted by Gasteiger charge is -2.02. The normalized spacial score (nSPS) is 10.2. The average molecular weight is 290 g/mol. The first-order valence-electron chi connectivity index (χ1n) is 8.32. The van der Waals surface area contributed by atoms with Crippen LogP contribution in [-0.4, -0.2) is 6.54 Å². The molecule has 0 aromatic rings. The molecule has 0 atom stereocenters. The zero-order valence-electron chi connectivity index (χ0n) is 13.0. The van der Waals surface area contributed by atoms with E-state index in [0.717, 1.165) is 6.54 Å². The van der Waals surface area contributed by atoms with Crippen LogP contribution >= 0.6 is 0 Å². The van der Waals surface area contributed by atoms with Gasteiger partial charge < -0.3 is 18.1 Å². The summed E-state index contributed by atoms with van der Waals surface area (Å²) >= 11 is 0. The number of quaternary nitrogens is 1. The molecule has 116 valence electrons. The van der Waals surface area contributed by atoms with Crippen molar-refractivity contribution in [2.45, 2.75) is 89.9 Å². The number of rotatable bonds is 15. The molecule has 0 heterocycles. The van der Waals surface area contributed by atoms with Gasteiger partial charge >= 0.3 is 0 Å². The van der Waals surface area contributed by atoms with Crippen LogP contribution in [0.15, 0.2) is 12.7 Å². The summed E-state index contributed by atoms with van der Waals surface area (Å²) in [5.41, 5.74) is 3.88. The zero-order valence-corrected chi connectivity index (χ0v) is 13.7. The third-order valence-corrected chi connectivity index (χ3v) is 3.66. The molecule has 0 saturated heterocycles. The molecule has 0 aromatic heterocycles. The van der Waals surface area contributed by atoms with E-state index < -0.39 is 0 Å². The maximum absolute atomic E-state index is 3.88. The first kappa shape index (κ1) is 21.3. The number of halogens is 1. The number of allylic oxidation sites excluding steroid dienone is 1. The smallest absolute Gasteiger partial charge is 0.0739 e. The monoisotopic (exact) mass is 289 g/mol. The molecule has 0 aromatic carbocycles. The molecule has 19 heavy (non-hydrogen) atoms. The van der Waals surface area contributed by atoms with E-state index in [1.807, 2.05) is 6.08 Å². The predicted octanol–water partition coefficient (Wildman–Crippen LogP) is 1.88. The predicted molar refractivity (Wildman–Crippen MR) is 82.6 cm³/mol. The summed E-state index contributed by atoms with van der Waals surface area (Å²) in [5, 5.41) is 0. The first-order chi connectivity index (χ1) is 8.91. The van der Waals surface area contributed by atoms with Crippen molar-refractivity contribution >= 4 is 0 Å². The molecule has 0 radical (unpaired) electrons. The van der Waals surface area contributed by atoms with Gasteiger partial charge in [-0.3, -0.25) is 0 Å². The molecule has 0 aliphatic carbocycles. The lowest BCUT2D eigenvalue weighted by Crippen LogP contribution is -3.00. The Balaban J connectivity index is 0. The molecule has 0 saturated carbocycles. The molecule has 0 rings (SSSR count). The molecule has 0 fully saturated rings. The van der Waals surface area contributed by atoms with Gasteiger partial charge in [0, 0.05) is 0 Å². The van der Waals surface area contributed by atoms with Gasteiger partial charge in [0.1, 0.15) is 0 Å². The maximum Gasteiger partial charge on any atom is 0.0739 e. The van der Waals surface area contributed by atoms with Crippen molar-refractivity contribution in [2.24, 2.45) is 0 Å². The molecule has 0 aliphatic rings. The Morgan fingerprint density at radius 2 is 0.895 bits per heavy atom. The Hall–Kier alpha value is -0.0100. The van der Waals surface area contributed by atoms with Gasteiger partial charge in [-0.15, -0.1) is 6.58 Å². The lowest BCUT2D eigenvalue weighted by molar-refractivity contribution is -0.368. The van der Waals surface area contributed by atoms with E-state index in [0.29, 0.717) is 0 Å². The van der Waals surface area contributed by atoms with Crippen molar-refractivity contribution < 1.29 is 18.1 Å². The van der Waals surface area contributed by atoms with Gasteiger partial charge in [0.15, 0.2) is 0 Å². The van der Waals surface area contributed by atoms with Crippen LogP contribution < -0.4 is 18.1 Å². The van der Waals surface area contributed by atoms with Gasteiger partial charge in [0.25, 0.3) is 0 Å². The van der Waals surface area contributed by atoms with Crippen molar-refractivity contribution in [1.29, 1.82) is 0 Å². The largest absolute Gasteiger partial charge is 1.00 e. The van der Waals surface area contributed by atoms with Crippen molar-refractivity contribution in [3.05, 3.63) is 12.7 Å². The maximum atomic E-state index is 3.88. The average Bonchev–Trinajstić information content (AvgIpc) is 2.39.